The molecule has 0 aromatic carbocycles. The first-order valence-electron chi connectivity index (χ1n) is 5.80. The van der Waals surface area contributed by atoms with Gasteiger partial charge in [-0.2, -0.15) is 0 Å². The number of hydrogen-bond acceptors (Lipinski definition) is 1. The highest BCUT2D eigenvalue weighted by Crippen LogP contribution is 2.08. The standard InChI is InChI=1S/C12H22N2.HI/c1-3-4-5-6-7-8-9-12-13-10-11-14(12)2;/h10-11H,3-9H2,1-2H3;1H. The summed E-state index contributed by atoms with van der Waals surface area (Å²) in [5.74, 6) is 1.22. The fraction of sp³-hybridized carbons (Fsp3) is 0.750. The summed E-state index contributed by atoms with van der Waals surface area (Å²) in [5, 5.41) is 0. The fourth-order valence-corrected chi connectivity index (χ4v) is 1.70. The van der Waals surface area contributed by atoms with Crippen LogP contribution in [0.2, 0.25) is 0 Å². The van der Waals surface area contributed by atoms with Crippen molar-refractivity contribution >= 4 is 24.0 Å². The van der Waals surface area contributed by atoms with Crippen LogP contribution in [0.15, 0.2) is 12.4 Å². The Labute approximate surface area is 110 Å². The van der Waals surface area contributed by atoms with Crippen molar-refractivity contribution in [3.63, 3.8) is 0 Å². The Balaban J connectivity index is 0.00000196. The second kappa shape index (κ2) is 9.19. The number of aryl methyl sites for hydroxylation is 2. The Morgan fingerprint density at radius 2 is 1.80 bits per heavy atom. The fourth-order valence-electron chi connectivity index (χ4n) is 1.70. The number of imidazole rings is 1. The van der Waals surface area contributed by atoms with Crippen LogP contribution >= 0.6 is 24.0 Å². The van der Waals surface area contributed by atoms with E-state index in [1.54, 1.807) is 0 Å². The van der Waals surface area contributed by atoms with Gasteiger partial charge in [0.2, 0.25) is 0 Å². The zero-order valence-electron chi connectivity index (χ0n) is 9.91. The van der Waals surface area contributed by atoms with Crippen LogP contribution in [0.3, 0.4) is 0 Å². The number of rotatable bonds is 7. The maximum atomic E-state index is 4.31. The maximum absolute atomic E-state index is 4.31. The largest absolute Gasteiger partial charge is 0.338 e. The summed E-state index contributed by atoms with van der Waals surface area (Å²) in [6, 6.07) is 0. The molecule has 1 heterocycles. The lowest BCUT2D eigenvalue weighted by molar-refractivity contribution is 0.595. The van der Waals surface area contributed by atoms with E-state index >= 15 is 0 Å². The van der Waals surface area contributed by atoms with Gasteiger partial charge in [0.05, 0.1) is 0 Å². The van der Waals surface area contributed by atoms with Crippen LogP contribution in [-0.4, -0.2) is 9.55 Å². The summed E-state index contributed by atoms with van der Waals surface area (Å²) in [6.07, 6.45) is 13.2. The molecule has 88 valence electrons. The third kappa shape index (κ3) is 6.17. The third-order valence-electron chi connectivity index (χ3n) is 2.67. The molecule has 0 fully saturated rings. The first kappa shape index (κ1) is 14.9. The van der Waals surface area contributed by atoms with E-state index in [0.717, 1.165) is 6.42 Å². The van der Waals surface area contributed by atoms with E-state index in [9.17, 15) is 0 Å². The van der Waals surface area contributed by atoms with Gasteiger partial charge in [-0.25, -0.2) is 4.98 Å². The van der Waals surface area contributed by atoms with E-state index in [1.165, 1.54) is 44.3 Å². The second-order valence-corrected chi connectivity index (χ2v) is 3.97. The molecule has 0 atom stereocenters. The van der Waals surface area contributed by atoms with Crippen molar-refractivity contribution in [3.05, 3.63) is 18.2 Å². The number of halogens is 1. The number of nitrogens with zero attached hydrogens (tertiary/aromatic N) is 2. The SMILES string of the molecule is CCCCCCCCc1nccn1C.I. The van der Waals surface area contributed by atoms with Crippen LogP contribution in [-0.2, 0) is 13.5 Å². The van der Waals surface area contributed by atoms with Gasteiger partial charge in [-0.1, -0.05) is 39.0 Å². The molecule has 0 saturated heterocycles. The smallest absolute Gasteiger partial charge is 0.108 e. The van der Waals surface area contributed by atoms with Gasteiger partial charge in [0.15, 0.2) is 0 Å². The quantitative estimate of drug-likeness (QED) is 0.549. The number of hydrogen-bond donors (Lipinski definition) is 0. The molecule has 0 bridgehead atoms. The second-order valence-electron chi connectivity index (χ2n) is 3.97. The molecule has 0 N–H and O–H groups in total. The highest BCUT2D eigenvalue weighted by molar-refractivity contribution is 14.0. The normalized spacial score (nSPS) is 10.0. The summed E-state index contributed by atoms with van der Waals surface area (Å²) in [7, 11) is 2.07. The van der Waals surface area contributed by atoms with Crippen LogP contribution in [0.25, 0.3) is 0 Å². The Morgan fingerprint density at radius 3 is 2.40 bits per heavy atom. The maximum Gasteiger partial charge on any atom is 0.108 e. The predicted octanol–water partition coefficient (Wildman–Crippen LogP) is 3.94. The molecular weight excluding hydrogens is 299 g/mol. The molecular formula is C12H23IN2. The molecule has 15 heavy (non-hydrogen) atoms. The van der Waals surface area contributed by atoms with Gasteiger partial charge in [0.1, 0.15) is 5.82 Å². The van der Waals surface area contributed by atoms with Gasteiger partial charge >= 0.3 is 0 Å². The summed E-state index contributed by atoms with van der Waals surface area (Å²) in [5.41, 5.74) is 0. The lowest BCUT2D eigenvalue weighted by atomic mass is 10.1. The monoisotopic (exact) mass is 322 g/mol. The minimum atomic E-state index is 0. The molecule has 0 aliphatic heterocycles. The Kier molecular flexibility index (Phi) is 9.15. The van der Waals surface area contributed by atoms with E-state index in [1.807, 2.05) is 12.4 Å². The summed E-state index contributed by atoms with van der Waals surface area (Å²) >= 11 is 0. The van der Waals surface area contributed by atoms with Crippen LogP contribution in [0.5, 0.6) is 0 Å². The molecule has 0 amide bonds. The minimum absolute atomic E-state index is 0. The van der Waals surface area contributed by atoms with Gasteiger partial charge in [-0.05, 0) is 6.42 Å². The topological polar surface area (TPSA) is 17.8 Å². The van der Waals surface area contributed by atoms with Crippen molar-refractivity contribution in [1.29, 1.82) is 0 Å². The molecule has 3 heteroatoms. The summed E-state index contributed by atoms with van der Waals surface area (Å²) in [6.45, 7) is 2.26. The first-order valence-corrected chi connectivity index (χ1v) is 5.80. The highest BCUT2D eigenvalue weighted by Gasteiger charge is 1.97. The molecule has 0 unspecified atom stereocenters. The Hall–Kier alpha value is -0.0600. The van der Waals surface area contributed by atoms with Crippen molar-refractivity contribution in [2.75, 3.05) is 0 Å². The minimum Gasteiger partial charge on any atom is -0.338 e. The molecule has 0 aliphatic rings. The summed E-state index contributed by atoms with van der Waals surface area (Å²) < 4.78 is 2.12. The van der Waals surface area contributed by atoms with Gasteiger partial charge in [0.25, 0.3) is 0 Å². The van der Waals surface area contributed by atoms with E-state index in [2.05, 4.69) is 23.5 Å². The third-order valence-corrected chi connectivity index (χ3v) is 2.67. The van der Waals surface area contributed by atoms with Gasteiger partial charge in [-0.3, -0.25) is 0 Å². The Morgan fingerprint density at radius 1 is 1.13 bits per heavy atom. The molecule has 1 aromatic heterocycles. The van der Waals surface area contributed by atoms with Crippen LogP contribution < -0.4 is 0 Å². The molecule has 0 radical (unpaired) electrons. The van der Waals surface area contributed by atoms with Gasteiger partial charge in [-0.15, -0.1) is 24.0 Å². The molecule has 1 aromatic rings. The molecule has 0 spiro atoms. The highest BCUT2D eigenvalue weighted by atomic mass is 127. The van der Waals surface area contributed by atoms with Crippen molar-refractivity contribution in [2.24, 2.45) is 7.05 Å². The lowest BCUT2D eigenvalue weighted by Gasteiger charge is -2.01. The van der Waals surface area contributed by atoms with Crippen LogP contribution in [0, 0.1) is 0 Å². The van der Waals surface area contributed by atoms with E-state index in [0.29, 0.717) is 0 Å². The zero-order chi connectivity index (χ0) is 10.2. The molecule has 2 nitrogen and oxygen atoms in total. The van der Waals surface area contributed by atoms with Crippen molar-refractivity contribution in [1.82, 2.24) is 9.55 Å². The van der Waals surface area contributed by atoms with Crippen molar-refractivity contribution < 1.29 is 0 Å². The zero-order valence-corrected chi connectivity index (χ0v) is 12.2. The van der Waals surface area contributed by atoms with E-state index in [4.69, 9.17) is 0 Å². The molecule has 0 saturated carbocycles. The Bertz CT molecular complexity index is 246. The van der Waals surface area contributed by atoms with E-state index in [-0.39, 0.29) is 24.0 Å². The van der Waals surface area contributed by atoms with Gasteiger partial charge < -0.3 is 4.57 Å². The average Bonchev–Trinajstić information content (AvgIpc) is 2.58. The lowest BCUT2D eigenvalue weighted by Crippen LogP contribution is -1.96. The van der Waals surface area contributed by atoms with Crippen molar-refractivity contribution in [2.45, 2.75) is 51.9 Å². The first-order chi connectivity index (χ1) is 6.84. The molecule has 1 rings (SSSR count). The van der Waals surface area contributed by atoms with Crippen LogP contribution in [0.1, 0.15) is 51.3 Å². The van der Waals surface area contributed by atoms with Crippen LogP contribution in [0.4, 0.5) is 0 Å². The number of unbranched alkanes of at least 4 members (excludes halogenated alkanes) is 5. The van der Waals surface area contributed by atoms with Crippen molar-refractivity contribution in [3.8, 4) is 0 Å². The number of aromatic nitrogens is 2. The molecule has 0 aliphatic carbocycles. The van der Waals surface area contributed by atoms with E-state index < -0.39 is 0 Å². The van der Waals surface area contributed by atoms with Gasteiger partial charge in [0, 0.05) is 25.9 Å². The average molecular weight is 322 g/mol. The predicted molar refractivity (Wildman–Crippen MR) is 75.7 cm³/mol. The summed E-state index contributed by atoms with van der Waals surface area (Å²) in [4.78, 5) is 4.31.